The van der Waals surface area contributed by atoms with Crippen molar-refractivity contribution in [3.05, 3.63) is 58.9 Å². The topological polar surface area (TPSA) is 67.4 Å². The van der Waals surface area contributed by atoms with E-state index < -0.39 is 17.6 Å². The first kappa shape index (κ1) is 18.4. The van der Waals surface area contributed by atoms with E-state index in [-0.39, 0.29) is 17.5 Å². The second-order valence-electron chi connectivity index (χ2n) is 5.79. The maximum absolute atomic E-state index is 13.6. The Morgan fingerprint density at radius 1 is 1.12 bits per heavy atom. The number of anilines is 1. The van der Waals surface area contributed by atoms with Crippen LogP contribution in [0.5, 0.6) is 5.75 Å². The fraction of sp³-hybridized carbons (Fsp3) is 0.263. The van der Waals surface area contributed by atoms with Crippen LogP contribution in [0.3, 0.4) is 0 Å². The number of benzene rings is 2. The third-order valence-corrected chi connectivity index (χ3v) is 4.08. The average molecular weight is 344 g/mol. The van der Waals surface area contributed by atoms with Crippen LogP contribution in [0.25, 0.3) is 0 Å². The second-order valence-corrected chi connectivity index (χ2v) is 5.79. The summed E-state index contributed by atoms with van der Waals surface area (Å²) >= 11 is 0. The zero-order chi connectivity index (χ0) is 18.6. The zero-order valence-electron chi connectivity index (χ0n) is 14.6. The van der Waals surface area contributed by atoms with Gasteiger partial charge in [0.15, 0.2) is 11.6 Å². The zero-order valence-corrected chi connectivity index (χ0v) is 14.6. The minimum absolute atomic E-state index is 0.0611. The molecule has 0 radical (unpaired) electrons. The summed E-state index contributed by atoms with van der Waals surface area (Å²) in [6, 6.07) is 9.40. The van der Waals surface area contributed by atoms with Crippen molar-refractivity contribution in [2.75, 3.05) is 12.4 Å². The molecule has 2 aromatic rings. The van der Waals surface area contributed by atoms with Crippen molar-refractivity contribution >= 4 is 17.5 Å². The second kappa shape index (κ2) is 7.79. The molecular weight excluding hydrogens is 323 g/mol. The van der Waals surface area contributed by atoms with Gasteiger partial charge < -0.3 is 15.4 Å². The Balaban J connectivity index is 2.04. The highest BCUT2D eigenvalue weighted by Crippen LogP contribution is 2.21. The van der Waals surface area contributed by atoms with Crippen LogP contribution in [0.2, 0.25) is 0 Å². The summed E-state index contributed by atoms with van der Waals surface area (Å²) in [4.78, 5) is 24.1. The van der Waals surface area contributed by atoms with Gasteiger partial charge in [-0.1, -0.05) is 18.2 Å². The summed E-state index contributed by atoms with van der Waals surface area (Å²) in [6.07, 6.45) is 0. The number of amides is 2. The first-order chi connectivity index (χ1) is 11.8. The van der Waals surface area contributed by atoms with Crippen molar-refractivity contribution in [1.82, 2.24) is 5.32 Å². The number of halogens is 1. The third kappa shape index (κ3) is 4.35. The molecule has 2 rings (SSSR count). The van der Waals surface area contributed by atoms with Crippen LogP contribution >= 0.6 is 0 Å². The lowest BCUT2D eigenvalue weighted by Crippen LogP contribution is -2.37. The molecule has 0 fully saturated rings. The molecule has 0 aromatic heterocycles. The number of ether oxygens (including phenoxy) is 1. The van der Waals surface area contributed by atoms with Gasteiger partial charge in [-0.25, -0.2) is 4.39 Å². The van der Waals surface area contributed by atoms with Crippen LogP contribution in [0.4, 0.5) is 10.1 Å². The van der Waals surface area contributed by atoms with Crippen LogP contribution in [0.1, 0.15) is 29.7 Å². The third-order valence-electron chi connectivity index (χ3n) is 4.08. The molecule has 0 saturated carbocycles. The number of rotatable bonds is 4. The van der Waals surface area contributed by atoms with Gasteiger partial charge in [0.2, 0.25) is 0 Å². The number of nitrogens with one attached hydrogen (secondary N) is 2. The average Bonchev–Trinajstić information content (AvgIpc) is 2.57. The van der Waals surface area contributed by atoms with Gasteiger partial charge in [0, 0.05) is 11.8 Å². The van der Waals surface area contributed by atoms with Crippen molar-refractivity contribution in [3.8, 4) is 5.75 Å². The number of aryl methyl sites for hydroxylation is 1. The fourth-order valence-corrected chi connectivity index (χ4v) is 2.51. The summed E-state index contributed by atoms with van der Waals surface area (Å²) in [5.74, 6) is -2.21. The summed E-state index contributed by atoms with van der Waals surface area (Å²) in [5.41, 5.74) is 3.29. The van der Waals surface area contributed by atoms with Crippen LogP contribution in [0.15, 0.2) is 36.4 Å². The van der Waals surface area contributed by atoms with E-state index in [9.17, 15) is 14.0 Å². The Morgan fingerprint density at radius 3 is 2.48 bits per heavy atom. The maximum atomic E-state index is 13.6. The first-order valence-corrected chi connectivity index (χ1v) is 7.85. The van der Waals surface area contributed by atoms with Gasteiger partial charge >= 0.3 is 11.8 Å². The van der Waals surface area contributed by atoms with E-state index in [2.05, 4.69) is 10.6 Å². The molecule has 0 unspecified atom stereocenters. The normalized spacial score (nSPS) is 11.6. The van der Waals surface area contributed by atoms with E-state index in [1.165, 1.54) is 19.2 Å². The lowest BCUT2D eigenvalue weighted by atomic mass is 9.98. The van der Waals surface area contributed by atoms with Crippen molar-refractivity contribution in [3.63, 3.8) is 0 Å². The molecule has 5 nitrogen and oxygen atoms in total. The van der Waals surface area contributed by atoms with Crippen molar-refractivity contribution in [2.24, 2.45) is 0 Å². The Bertz CT molecular complexity index is 805. The molecule has 132 valence electrons. The Hall–Kier alpha value is -2.89. The molecule has 2 N–H and O–H groups in total. The van der Waals surface area contributed by atoms with Crippen molar-refractivity contribution in [2.45, 2.75) is 26.8 Å². The van der Waals surface area contributed by atoms with Gasteiger partial charge in [0.25, 0.3) is 0 Å². The number of hydrogen-bond donors (Lipinski definition) is 2. The molecule has 0 bridgehead atoms. The van der Waals surface area contributed by atoms with E-state index in [1.807, 2.05) is 32.0 Å². The van der Waals surface area contributed by atoms with E-state index in [0.717, 1.165) is 22.8 Å². The molecule has 0 heterocycles. The minimum Gasteiger partial charge on any atom is -0.494 e. The minimum atomic E-state index is -0.860. The molecular formula is C19H21FN2O3. The predicted molar refractivity (Wildman–Crippen MR) is 94.1 cm³/mol. The molecule has 0 spiro atoms. The van der Waals surface area contributed by atoms with Crippen LogP contribution < -0.4 is 15.4 Å². The van der Waals surface area contributed by atoms with E-state index >= 15 is 0 Å². The molecule has 2 aromatic carbocycles. The summed E-state index contributed by atoms with van der Waals surface area (Å²) < 4.78 is 18.4. The summed E-state index contributed by atoms with van der Waals surface area (Å²) in [7, 11) is 1.35. The predicted octanol–water partition coefficient (Wildman–Crippen LogP) is 3.27. The molecule has 2 amide bonds. The Labute approximate surface area is 146 Å². The van der Waals surface area contributed by atoms with Gasteiger partial charge in [-0.2, -0.15) is 0 Å². The first-order valence-electron chi connectivity index (χ1n) is 7.85. The summed E-state index contributed by atoms with van der Waals surface area (Å²) in [6.45, 7) is 5.76. The lowest BCUT2D eigenvalue weighted by molar-refractivity contribution is -0.136. The summed E-state index contributed by atoms with van der Waals surface area (Å²) in [5, 5.41) is 5.02. The highest BCUT2D eigenvalue weighted by Gasteiger charge is 2.19. The highest BCUT2D eigenvalue weighted by atomic mass is 19.1. The maximum Gasteiger partial charge on any atom is 0.313 e. The monoisotopic (exact) mass is 344 g/mol. The Morgan fingerprint density at radius 2 is 1.84 bits per heavy atom. The molecule has 1 atom stereocenters. The lowest BCUT2D eigenvalue weighted by Gasteiger charge is -2.17. The van der Waals surface area contributed by atoms with Crippen LogP contribution in [-0.2, 0) is 9.59 Å². The number of carbonyl (C=O) groups excluding carboxylic acids is 2. The van der Waals surface area contributed by atoms with Gasteiger partial charge in [-0.05, 0) is 49.6 Å². The molecule has 0 aliphatic rings. The van der Waals surface area contributed by atoms with Crippen LogP contribution in [-0.4, -0.2) is 18.9 Å². The quantitative estimate of drug-likeness (QED) is 0.837. The van der Waals surface area contributed by atoms with Gasteiger partial charge in [0.1, 0.15) is 0 Å². The molecule has 0 aliphatic carbocycles. The molecule has 0 aliphatic heterocycles. The van der Waals surface area contributed by atoms with Crippen LogP contribution in [0, 0.1) is 19.7 Å². The van der Waals surface area contributed by atoms with Gasteiger partial charge in [0.05, 0.1) is 13.2 Å². The molecule has 6 heteroatoms. The van der Waals surface area contributed by atoms with Crippen molar-refractivity contribution < 1.29 is 18.7 Å². The molecule has 25 heavy (non-hydrogen) atoms. The Kier molecular flexibility index (Phi) is 5.75. The number of carbonyl (C=O) groups is 2. The highest BCUT2D eigenvalue weighted by molar-refractivity contribution is 6.39. The van der Waals surface area contributed by atoms with E-state index in [4.69, 9.17) is 4.74 Å². The standard InChI is InChI=1S/C19H21FN2O3/c1-11-6-5-7-15(12(11)2)13(3)21-18(23)19(24)22-14-8-9-17(25-4)16(20)10-14/h5-10,13H,1-4H3,(H,21,23)(H,22,24)/t13-/m1/s1. The SMILES string of the molecule is COc1ccc(NC(=O)C(=O)N[C@H](C)c2cccc(C)c2C)cc1F. The van der Waals surface area contributed by atoms with Gasteiger partial charge in [-0.3, -0.25) is 9.59 Å². The van der Waals surface area contributed by atoms with E-state index in [0.29, 0.717) is 0 Å². The smallest absolute Gasteiger partial charge is 0.313 e. The van der Waals surface area contributed by atoms with Gasteiger partial charge in [-0.15, -0.1) is 0 Å². The van der Waals surface area contributed by atoms with Crippen molar-refractivity contribution in [1.29, 1.82) is 0 Å². The number of methoxy groups -OCH3 is 1. The number of hydrogen-bond acceptors (Lipinski definition) is 3. The van der Waals surface area contributed by atoms with E-state index in [1.54, 1.807) is 6.92 Å². The fourth-order valence-electron chi connectivity index (χ4n) is 2.51. The molecule has 0 saturated heterocycles. The largest absolute Gasteiger partial charge is 0.494 e.